The molecule has 0 aliphatic heterocycles. The van der Waals surface area contributed by atoms with E-state index in [0.29, 0.717) is 11.4 Å². The molecule has 1 amide bonds. The first-order chi connectivity index (χ1) is 7.67. The number of benzene rings is 1. The van der Waals surface area contributed by atoms with Gasteiger partial charge in [0.1, 0.15) is 5.75 Å². The molecule has 0 aliphatic carbocycles. The van der Waals surface area contributed by atoms with Gasteiger partial charge >= 0.3 is 0 Å². The Hall–Kier alpha value is -1.99. The number of nitrogens with one attached hydrogen (secondary N) is 1. The highest BCUT2D eigenvalue weighted by molar-refractivity contribution is 5.94. The quantitative estimate of drug-likeness (QED) is 0.740. The lowest BCUT2D eigenvalue weighted by atomic mass is 10.2. The molecule has 3 N–H and O–H groups in total. The Labute approximate surface area is 94.8 Å². The van der Waals surface area contributed by atoms with Crippen molar-refractivity contribution in [3.05, 3.63) is 24.3 Å². The minimum atomic E-state index is -0.684. The summed E-state index contributed by atoms with van der Waals surface area (Å²) in [5.74, 6) is 2.72. The summed E-state index contributed by atoms with van der Waals surface area (Å²) < 4.78 is 5.03. The fourth-order valence-electron chi connectivity index (χ4n) is 1.16. The maximum atomic E-state index is 11.5. The van der Waals surface area contributed by atoms with Crippen LogP contribution in [0.3, 0.4) is 0 Å². The van der Waals surface area contributed by atoms with Crippen molar-refractivity contribution in [1.29, 1.82) is 0 Å². The molecule has 0 aliphatic rings. The fraction of sp³-hybridized carbons (Fsp3) is 0.250. The number of rotatable bonds is 4. The highest BCUT2D eigenvalue weighted by Crippen LogP contribution is 2.16. The summed E-state index contributed by atoms with van der Waals surface area (Å²) in [6.07, 6.45) is 5.29. The zero-order valence-electron chi connectivity index (χ0n) is 9.07. The SMILES string of the molecule is C#CCC(N)C(=O)Nc1cccc(OC)c1. The highest BCUT2D eigenvalue weighted by Gasteiger charge is 2.11. The van der Waals surface area contributed by atoms with E-state index in [1.54, 1.807) is 31.4 Å². The van der Waals surface area contributed by atoms with Gasteiger partial charge in [-0.1, -0.05) is 6.07 Å². The number of ether oxygens (including phenoxy) is 1. The van der Waals surface area contributed by atoms with Gasteiger partial charge in [0.15, 0.2) is 0 Å². The summed E-state index contributed by atoms with van der Waals surface area (Å²) in [4.78, 5) is 11.5. The largest absolute Gasteiger partial charge is 0.497 e. The second-order valence-electron chi connectivity index (χ2n) is 3.24. The molecule has 0 saturated heterocycles. The molecule has 1 aromatic rings. The number of methoxy groups -OCH3 is 1. The molecule has 16 heavy (non-hydrogen) atoms. The van der Waals surface area contributed by atoms with Crippen molar-refractivity contribution in [2.24, 2.45) is 5.73 Å². The van der Waals surface area contributed by atoms with Crippen LogP contribution in [0.1, 0.15) is 6.42 Å². The number of hydrogen-bond acceptors (Lipinski definition) is 3. The van der Waals surface area contributed by atoms with E-state index in [4.69, 9.17) is 16.9 Å². The summed E-state index contributed by atoms with van der Waals surface area (Å²) >= 11 is 0. The van der Waals surface area contributed by atoms with Gasteiger partial charge in [-0.15, -0.1) is 12.3 Å². The maximum Gasteiger partial charge on any atom is 0.242 e. The zero-order valence-corrected chi connectivity index (χ0v) is 9.07. The van der Waals surface area contributed by atoms with E-state index < -0.39 is 6.04 Å². The van der Waals surface area contributed by atoms with Crippen LogP contribution < -0.4 is 15.8 Å². The number of nitrogens with two attached hydrogens (primary N) is 1. The van der Waals surface area contributed by atoms with Gasteiger partial charge in [-0.2, -0.15) is 0 Å². The average Bonchev–Trinajstić information content (AvgIpc) is 2.29. The Morgan fingerprint density at radius 2 is 2.44 bits per heavy atom. The number of anilines is 1. The smallest absolute Gasteiger partial charge is 0.242 e. The third-order valence-electron chi connectivity index (χ3n) is 2.01. The number of terminal acetylenes is 1. The van der Waals surface area contributed by atoms with Crippen molar-refractivity contribution in [3.8, 4) is 18.1 Å². The second-order valence-corrected chi connectivity index (χ2v) is 3.24. The minimum Gasteiger partial charge on any atom is -0.497 e. The van der Waals surface area contributed by atoms with Crippen LogP contribution in [0, 0.1) is 12.3 Å². The number of carbonyl (C=O) groups excluding carboxylic acids is 1. The lowest BCUT2D eigenvalue weighted by molar-refractivity contribution is -0.117. The van der Waals surface area contributed by atoms with E-state index in [1.165, 1.54) is 0 Å². The van der Waals surface area contributed by atoms with Crippen LogP contribution in [0.4, 0.5) is 5.69 Å². The third-order valence-corrected chi connectivity index (χ3v) is 2.01. The maximum absolute atomic E-state index is 11.5. The molecule has 84 valence electrons. The van der Waals surface area contributed by atoms with Gasteiger partial charge in [0, 0.05) is 18.2 Å². The molecule has 0 saturated carbocycles. The summed E-state index contributed by atoms with van der Waals surface area (Å²) in [5, 5.41) is 2.66. The van der Waals surface area contributed by atoms with Crippen molar-refractivity contribution in [2.45, 2.75) is 12.5 Å². The Morgan fingerprint density at radius 1 is 1.69 bits per heavy atom. The summed E-state index contributed by atoms with van der Waals surface area (Å²) in [6, 6.07) is 6.35. The van der Waals surface area contributed by atoms with E-state index >= 15 is 0 Å². The van der Waals surface area contributed by atoms with Crippen LogP contribution >= 0.6 is 0 Å². The molecule has 4 nitrogen and oxygen atoms in total. The first kappa shape index (κ1) is 12.1. The van der Waals surface area contributed by atoms with Crippen LogP contribution in [0.5, 0.6) is 5.75 Å². The predicted octanol–water partition coefficient (Wildman–Crippen LogP) is 0.984. The molecular formula is C12H14N2O2. The third kappa shape index (κ3) is 3.30. The summed E-state index contributed by atoms with van der Waals surface area (Å²) in [6.45, 7) is 0. The van der Waals surface area contributed by atoms with Gasteiger partial charge in [0.25, 0.3) is 0 Å². The van der Waals surface area contributed by atoms with E-state index in [9.17, 15) is 4.79 Å². The molecule has 0 heterocycles. The molecule has 1 atom stereocenters. The van der Waals surface area contributed by atoms with E-state index in [0.717, 1.165) is 0 Å². The van der Waals surface area contributed by atoms with Gasteiger partial charge in [-0.25, -0.2) is 0 Å². The van der Waals surface area contributed by atoms with Crippen LogP contribution in [0.25, 0.3) is 0 Å². The monoisotopic (exact) mass is 218 g/mol. The molecule has 1 aromatic carbocycles. The first-order valence-corrected chi connectivity index (χ1v) is 4.81. The Bertz CT molecular complexity index is 410. The molecule has 0 radical (unpaired) electrons. The normalized spacial score (nSPS) is 11.3. The lowest BCUT2D eigenvalue weighted by Gasteiger charge is -2.10. The van der Waals surface area contributed by atoms with E-state index in [-0.39, 0.29) is 12.3 Å². The van der Waals surface area contributed by atoms with Crippen molar-refractivity contribution >= 4 is 11.6 Å². The zero-order chi connectivity index (χ0) is 12.0. The summed E-state index contributed by atoms with van der Waals surface area (Å²) in [5.41, 5.74) is 6.20. The van der Waals surface area contributed by atoms with Crippen molar-refractivity contribution in [1.82, 2.24) is 0 Å². The molecule has 0 aromatic heterocycles. The second kappa shape index (κ2) is 5.79. The van der Waals surface area contributed by atoms with E-state index in [2.05, 4.69) is 11.2 Å². The fourth-order valence-corrected chi connectivity index (χ4v) is 1.16. The Kier molecular flexibility index (Phi) is 4.37. The standard InChI is InChI=1S/C12H14N2O2/c1-3-5-11(13)12(15)14-9-6-4-7-10(8-9)16-2/h1,4,6-8,11H,5,13H2,2H3,(H,14,15). The van der Waals surface area contributed by atoms with Gasteiger partial charge in [-0.3, -0.25) is 4.79 Å². The van der Waals surface area contributed by atoms with Crippen molar-refractivity contribution < 1.29 is 9.53 Å². The van der Waals surface area contributed by atoms with Crippen LogP contribution in [-0.4, -0.2) is 19.1 Å². The summed E-state index contributed by atoms with van der Waals surface area (Å²) in [7, 11) is 1.56. The van der Waals surface area contributed by atoms with Crippen molar-refractivity contribution in [3.63, 3.8) is 0 Å². The van der Waals surface area contributed by atoms with Gasteiger partial charge < -0.3 is 15.8 Å². The minimum absolute atomic E-state index is 0.218. The Balaban J connectivity index is 2.66. The van der Waals surface area contributed by atoms with Crippen molar-refractivity contribution in [2.75, 3.05) is 12.4 Å². The first-order valence-electron chi connectivity index (χ1n) is 4.81. The van der Waals surface area contributed by atoms with E-state index in [1.807, 2.05) is 0 Å². The molecule has 0 spiro atoms. The van der Waals surface area contributed by atoms with Crippen LogP contribution in [-0.2, 0) is 4.79 Å². The average molecular weight is 218 g/mol. The predicted molar refractivity (Wildman–Crippen MR) is 63.0 cm³/mol. The molecule has 0 bridgehead atoms. The Morgan fingerprint density at radius 3 is 3.06 bits per heavy atom. The molecule has 4 heteroatoms. The topological polar surface area (TPSA) is 64.4 Å². The lowest BCUT2D eigenvalue weighted by Crippen LogP contribution is -2.35. The molecular weight excluding hydrogens is 204 g/mol. The van der Waals surface area contributed by atoms with Crippen LogP contribution in [0.2, 0.25) is 0 Å². The highest BCUT2D eigenvalue weighted by atomic mass is 16.5. The molecule has 0 fully saturated rings. The van der Waals surface area contributed by atoms with Gasteiger partial charge in [0.05, 0.1) is 13.2 Å². The number of carbonyl (C=O) groups is 1. The van der Waals surface area contributed by atoms with Gasteiger partial charge in [-0.05, 0) is 12.1 Å². The van der Waals surface area contributed by atoms with Crippen LogP contribution in [0.15, 0.2) is 24.3 Å². The number of hydrogen-bond donors (Lipinski definition) is 2. The molecule has 1 rings (SSSR count). The number of amides is 1. The molecule has 1 unspecified atom stereocenters. The van der Waals surface area contributed by atoms with Gasteiger partial charge in [0.2, 0.25) is 5.91 Å².